The van der Waals surface area contributed by atoms with Crippen LogP contribution in [0.15, 0.2) is 48.5 Å². The van der Waals surface area contributed by atoms with Gasteiger partial charge in [-0.1, -0.05) is 24.3 Å². The summed E-state index contributed by atoms with van der Waals surface area (Å²) in [7, 11) is 0. The second-order valence-corrected chi connectivity index (χ2v) is 6.16. The molecule has 4 rings (SSSR count). The number of hydrogen-bond donors (Lipinski definition) is 0. The molecule has 0 aliphatic carbocycles. The van der Waals surface area contributed by atoms with E-state index in [0.29, 0.717) is 49.7 Å². The number of rotatable bonds is 6. The van der Waals surface area contributed by atoms with Crippen LogP contribution in [0.25, 0.3) is 0 Å². The molecule has 2 amide bonds. The van der Waals surface area contributed by atoms with Gasteiger partial charge in [0, 0.05) is 12.1 Å². The number of hydrogen-bond acceptors (Lipinski definition) is 5. The van der Waals surface area contributed by atoms with Crippen molar-refractivity contribution in [2.75, 3.05) is 26.4 Å². The summed E-state index contributed by atoms with van der Waals surface area (Å²) in [5.74, 6) is 0.246. The van der Waals surface area contributed by atoms with Gasteiger partial charge in [0.25, 0.3) is 11.8 Å². The average molecular weight is 353 g/mol. The number of carbonyl (C=O) groups excluding carboxylic acids is 2. The molecule has 0 N–H and O–H groups in total. The predicted molar refractivity (Wildman–Crippen MR) is 93.0 cm³/mol. The summed E-state index contributed by atoms with van der Waals surface area (Å²) in [6.07, 6.45) is 0.225. The molecule has 0 spiro atoms. The molecule has 0 bridgehead atoms. The van der Waals surface area contributed by atoms with Crippen molar-refractivity contribution >= 4 is 11.8 Å². The van der Waals surface area contributed by atoms with Crippen LogP contribution in [-0.2, 0) is 9.47 Å². The van der Waals surface area contributed by atoms with Gasteiger partial charge < -0.3 is 14.2 Å². The summed E-state index contributed by atoms with van der Waals surface area (Å²) in [6, 6.07) is 14.5. The van der Waals surface area contributed by atoms with Gasteiger partial charge in [-0.3, -0.25) is 14.5 Å². The first-order valence-corrected chi connectivity index (χ1v) is 8.65. The largest absolute Gasteiger partial charge is 0.494 e. The van der Waals surface area contributed by atoms with E-state index in [1.54, 1.807) is 24.3 Å². The minimum absolute atomic E-state index is 0.233. The van der Waals surface area contributed by atoms with E-state index in [-0.39, 0.29) is 18.1 Å². The number of carbonyl (C=O) groups is 2. The second-order valence-electron chi connectivity index (χ2n) is 6.16. The van der Waals surface area contributed by atoms with Crippen LogP contribution in [0.1, 0.15) is 39.0 Å². The molecular weight excluding hydrogens is 334 g/mol. The minimum Gasteiger partial charge on any atom is -0.494 e. The lowest BCUT2D eigenvalue weighted by molar-refractivity contribution is -0.0442. The SMILES string of the molecule is O=C1c2ccccc2C(=O)N1CCCOc1cccc(C2OCCO2)c1. The van der Waals surface area contributed by atoms with Gasteiger partial charge in [-0.05, 0) is 30.7 Å². The third-order valence-electron chi connectivity index (χ3n) is 4.43. The molecule has 0 aromatic heterocycles. The fourth-order valence-corrected chi connectivity index (χ4v) is 3.16. The summed E-state index contributed by atoms with van der Waals surface area (Å²) in [5.41, 5.74) is 1.87. The zero-order valence-electron chi connectivity index (χ0n) is 14.2. The molecule has 1 saturated heterocycles. The molecule has 0 unspecified atom stereocenters. The number of amides is 2. The molecule has 134 valence electrons. The van der Waals surface area contributed by atoms with E-state index in [0.717, 1.165) is 5.56 Å². The van der Waals surface area contributed by atoms with Gasteiger partial charge in [0.05, 0.1) is 30.9 Å². The first-order valence-electron chi connectivity index (χ1n) is 8.65. The molecule has 2 aliphatic rings. The van der Waals surface area contributed by atoms with E-state index in [1.165, 1.54) is 4.90 Å². The predicted octanol–water partition coefficient (Wildman–Crippen LogP) is 2.80. The molecule has 0 radical (unpaired) electrons. The topological polar surface area (TPSA) is 65.1 Å². The van der Waals surface area contributed by atoms with E-state index < -0.39 is 0 Å². The van der Waals surface area contributed by atoms with Crippen LogP contribution in [0.4, 0.5) is 0 Å². The lowest BCUT2D eigenvalue weighted by atomic mass is 10.1. The van der Waals surface area contributed by atoms with Gasteiger partial charge in [0.1, 0.15) is 5.75 Å². The van der Waals surface area contributed by atoms with E-state index in [4.69, 9.17) is 14.2 Å². The maximum Gasteiger partial charge on any atom is 0.261 e. The highest BCUT2D eigenvalue weighted by Gasteiger charge is 2.34. The summed E-state index contributed by atoms with van der Waals surface area (Å²) in [5, 5.41) is 0. The third-order valence-corrected chi connectivity index (χ3v) is 4.43. The summed E-state index contributed by atoms with van der Waals surface area (Å²) < 4.78 is 16.7. The summed E-state index contributed by atoms with van der Waals surface area (Å²) in [4.78, 5) is 25.9. The van der Waals surface area contributed by atoms with Crippen molar-refractivity contribution < 1.29 is 23.8 Å². The molecule has 6 heteroatoms. The highest BCUT2D eigenvalue weighted by atomic mass is 16.7. The maximum atomic E-state index is 12.3. The van der Waals surface area contributed by atoms with Gasteiger partial charge in [-0.15, -0.1) is 0 Å². The molecule has 1 fully saturated rings. The normalized spacial score (nSPS) is 17.0. The Morgan fingerprint density at radius 3 is 2.35 bits per heavy atom. The van der Waals surface area contributed by atoms with E-state index in [2.05, 4.69) is 0 Å². The zero-order chi connectivity index (χ0) is 17.9. The zero-order valence-corrected chi connectivity index (χ0v) is 14.2. The Labute approximate surface area is 151 Å². The third kappa shape index (κ3) is 3.21. The fraction of sp³-hybridized carbons (Fsp3) is 0.300. The number of imide groups is 1. The van der Waals surface area contributed by atoms with Crippen molar-refractivity contribution in [3.63, 3.8) is 0 Å². The first kappa shape index (κ1) is 16.8. The lowest BCUT2D eigenvalue weighted by Crippen LogP contribution is -2.31. The van der Waals surface area contributed by atoms with Crippen molar-refractivity contribution in [1.29, 1.82) is 0 Å². The van der Waals surface area contributed by atoms with Crippen LogP contribution >= 0.6 is 0 Å². The standard InChI is InChI=1S/C20H19NO5/c22-18-16-7-1-2-8-17(16)19(23)21(18)9-4-10-24-15-6-3-5-14(13-15)20-25-11-12-26-20/h1-3,5-8,13,20H,4,9-12H2. The van der Waals surface area contributed by atoms with Gasteiger partial charge in [0.2, 0.25) is 0 Å². The highest BCUT2D eigenvalue weighted by Crippen LogP contribution is 2.26. The molecule has 2 aromatic carbocycles. The number of fused-ring (bicyclic) bond motifs is 1. The van der Waals surface area contributed by atoms with E-state index in [1.807, 2.05) is 24.3 Å². The number of ether oxygens (including phenoxy) is 3. The van der Waals surface area contributed by atoms with Crippen LogP contribution in [0.2, 0.25) is 0 Å². The van der Waals surface area contributed by atoms with Crippen LogP contribution in [0, 0.1) is 0 Å². The van der Waals surface area contributed by atoms with Crippen LogP contribution in [-0.4, -0.2) is 43.1 Å². The van der Waals surface area contributed by atoms with Gasteiger partial charge >= 0.3 is 0 Å². The van der Waals surface area contributed by atoms with Crippen molar-refractivity contribution in [3.8, 4) is 5.75 Å². The van der Waals surface area contributed by atoms with Gasteiger partial charge in [-0.25, -0.2) is 0 Å². The van der Waals surface area contributed by atoms with E-state index in [9.17, 15) is 9.59 Å². The second kappa shape index (κ2) is 7.27. The number of nitrogens with zero attached hydrogens (tertiary/aromatic N) is 1. The smallest absolute Gasteiger partial charge is 0.261 e. The highest BCUT2D eigenvalue weighted by molar-refractivity contribution is 6.21. The van der Waals surface area contributed by atoms with E-state index >= 15 is 0 Å². The number of benzene rings is 2. The average Bonchev–Trinajstić information content (AvgIpc) is 3.29. The molecule has 2 aromatic rings. The summed E-state index contributed by atoms with van der Waals surface area (Å²) in [6.45, 7) is 1.93. The molecule has 2 heterocycles. The molecule has 26 heavy (non-hydrogen) atoms. The van der Waals surface area contributed by atoms with Crippen LogP contribution in [0.3, 0.4) is 0 Å². The Morgan fingerprint density at radius 2 is 1.65 bits per heavy atom. The van der Waals surface area contributed by atoms with Crippen molar-refractivity contribution in [1.82, 2.24) is 4.90 Å². The fourth-order valence-electron chi connectivity index (χ4n) is 3.16. The van der Waals surface area contributed by atoms with Crippen LogP contribution in [0.5, 0.6) is 5.75 Å². The Hall–Kier alpha value is -2.70. The molecule has 0 atom stereocenters. The first-order chi connectivity index (χ1) is 12.7. The molecule has 2 aliphatic heterocycles. The molecule has 6 nitrogen and oxygen atoms in total. The molecular formula is C20H19NO5. The maximum absolute atomic E-state index is 12.3. The van der Waals surface area contributed by atoms with Gasteiger partial charge in [0.15, 0.2) is 6.29 Å². The summed E-state index contributed by atoms with van der Waals surface area (Å²) >= 11 is 0. The Bertz CT molecular complexity index is 793. The van der Waals surface area contributed by atoms with Crippen molar-refractivity contribution in [3.05, 3.63) is 65.2 Å². The lowest BCUT2D eigenvalue weighted by Gasteiger charge is -2.15. The Balaban J connectivity index is 1.30. The van der Waals surface area contributed by atoms with Crippen molar-refractivity contribution in [2.24, 2.45) is 0 Å². The molecule has 0 saturated carbocycles. The minimum atomic E-state index is -0.336. The Kier molecular flexibility index (Phi) is 4.69. The quantitative estimate of drug-likeness (QED) is 0.590. The Morgan fingerprint density at radius 1 is 0.962 bits per heavy atom. The van der Waals surface area contributed by atoms with Gasteiger partial charge in [-0.2, -0.15) is 0 Å². The van der Waals surface area contributed by atoms with Crippen LogP contribution < -0.4 is 4.74 Å². The van der Waals surface area contributed by atoms with Crippen molar-refractivity contribution in [2.45, 2.75) is 12.7 Å². The monoisotopic (exact) mass is 353 g/mol.